The predicted molar refractivity (Wildman–Crippen MR) is 66.5 cm³/mol. The first kappa shape index (κ1) is 16.9. The number of hydrogen-bond acceptors (Lipinski definition) is 4. The summed E-state index contributed by atoms with van der Waals surface area (Å²) in [5, 5.41) is 11.2. The Hall–Kier alpha value is -1.15. The predicted octanol–water partition coefficient (Wildman–Crippen LogP) is -0.507. The highest BCUT2D eigenvalue weighted by atomic mass is 32.2. The van der Waals surface area contributed by atoms with Gasteiger partial charge in [0.2, 0.25) is 15.9 Å². The molecule has 7 nitrogen and oxygen atoms in total. The summed E-state index contributed by atoms with van der Waals surface area (Å²) in [4.78, 5) is 22.4. The summed E-state index contributed by atoms with van der Waals surface area (Å²) in [6.45, 7) is 3.29. The lowest BCUT2D eigenvalue weighted by molar-refractivity contribution is -0.142. The van der Waals surface area contributed by atoms with Crippen LogP contribution in [-0.2, 0) is 19.6 Å². The van der Waals surface area contributed by atoms with Crippen LogP contribution in [0.15, 0.2) is 0 Å². The van der Waals surface area contributed by atoms with Crippen molar-refractivity contribution in [2.75, 3.05) is 19.8 Å². The van der Waals surface area contributed by atoms with Crippen molar-refractivity contribution in [2.24, 2.45) is 5.92 Å². The van der Waals surface area contributed by atoms with Crippen molar-refractivity contribution in [3.63, 3.8) is 0 Å². The Labute approximate surface area is 107 Å². The fraction of sp³-hybridized carbons (Fsp3) is 0.800. The Bertz CT molecular complexity index is 404. The number of carboxylic acid groups (broad SMARTS) is 1. The lowest BCUT2D eigenvalue weighted by Crippen LogP contribution is -2.46. The summed E-state index contributed by atoms with van der Waals surface area (Å²) in [5.74, 6) is -1.64. The van der Waals surface area contributed by atoms with Crippen molar-refractivity contribution in [3.8, 4) is 0 Å². The van der Waals surface area contributed by atoms with Gasteiger partial charge < -0.3 is 10.4 Å². The van der Waals surface area contributed by atoms with E-state index in [4.69, 9.17) is 5.11 Å². The fourth-order valence-corrected chi connectivity index (χ4v) is 1.60. The minimum absolute atomic E-state index is 0.110. The van der Waals surface area contributed by atoms with Crippen molar-refractivity contribution in [1.82, 2.24) is 9.62 Å². The molecule has 18 heavy (non-hydrogen) atoms. The Balaban J connectivity index is 4.49. The minimum atomic E-state index is -3.45. The van der Waals surface area contributed by atoms with E-state index >= 15 is 0 Å². The maximum atomic E-state index is 11.5. The first-order valence-electron chi connectivity index (χ1n) is 5.47. The van der Waals surface area contributed by atoms with Crippen LogP contribution in [0.2, 0.25) is 0 Å². The zero-order chi connectivity index (χ0) is 14.5. The van der Waals surface area contributed by atoms with Crippen LogP contribution in [0.1, 0.15) is 20.3 Å². The van der Waals surface area contributed by atoms with Crippen molar-refractivity contribution in [2.45, 2.75) is 26.3 Å². The number of likely N-dealkylation sites (N-methyl/N-ethyl adjacent to an activating group) is 1. The molecule has 0 saturated heterocycles. The largest absolute Gasteiger partial charge is 0.480 e. The van der Waals surface area contributed by atoms with E-state index in [9.17, 15) is 18.0 Å². The number of nitrogens with zero attached hydrogens (tertiary/aromatic N) is 1. The maximum Gasteiger partial charge on any atom is 0.326 e. The van der Waals surface area contributed by atoms with Gasteiger partial charge in [-0.15, -0.1) is 0 Å². The van der Waals surface area contributed by atoms with Crippen LogP contribution < -0.4 is 5.32 Å². The second kappa shape index (κ2) is 6.69. The van der Waals surface area contributed by atoms with Gasteiger partial charge in [-0.05, 0) is 12.3 Å². The van der Waals surface area contributed by atoms with Gasteiger partial charge in [0.15, 0.2) is 0 Å². The molecule has 0 aromatic rings. The number of nitrogens with one attached hydrogen (secondary N) is 1. The number of aliphatic carboxylic acids is 1. The van der Waals surface area contributed by atoms with Crippen molar-refractivity contribution >= 4 is 21.9 Å². The molecule has 0 heterocycles. The molecule has 0 rings (SSSR count). The van der Waals surface area contributed by atoms with Crippen LogP contribution in [0.3, 0.4) is 0 Å². The SMILES string of the molecule is CC(C)C[C@@H](NC(=O)CN(C)S(C)(=O)=O)C(=O)O. The molecule has 8 heteroatoms. The molecule has 0 spiro atoms. The van der Waals surface area contributed by atoms with Gasteiger partial charge in [0.25, 0.3) is 0 Å². The van der Waals surface area contributed by atoms with E-state index in [0.717, 1.165) is 10.6 Å². The Morgan fingerprint density at radius 2 is 1.83 bits per heavy atom. The third kappa shape index (κ3) is 6.55. The molecule has 1 amide bonds. The van der Waals surface area contributed by atoms with Crippen LogP contribution in [0.4, 0.5) is 0 Å². The number of amides is 1. The molecule has 0 unspecified atom stereocenters. The molecule has 0 aliphatic heterocycles. The number of rotatable bonds is 7. The molecule has 0 aliphatic rings. The lowest BCUT2D eigenvalue weighted by Gasteiger charge is -2.18. The van der Waals surface area contributed by atoms with Gasteiger partial charge in [-0.3, -0.25) is 4.79 Å². The lowest BCUT2D eigenvalue weighted by atomic mass is 10.0. The Morgan fingerprint density at radius 1 is 1.33 bits per heavy atom. The summed E-state index contributed by atoms with van der Waals surface area (Å²) in [6, 6.07) is -0.995. The number of carbonyl (C=O) groups is 2. The first-order valence-corrected chi connectivity index (χ1v) is 7.32. The van der Waals surface area contributed by atoms with E-state index in [2.05, 4.69) is 5.32 Å². The van der Waals surface area contributed by atoms with Gasteiger partial charge in [-0.25, -0.2) is 13.2 Å². The number of hydrogen-bond donors (Lipinski definition) is 2. The van der Waals surface area contributed by atoms with E-state index in [1.807, 2.05) is 13.8 Å². The smallest absolute Gasteiger partial charge is 0.326 e. The van der Waals surface area contributed by atoms with Gasteiger partial charge in [-0.1, -0.05) is 13.8 Å². The van der Waals surface area contributed by atoms with Crippen LogP contribution in [0.25, 0.3) is 0 Å². The first-order chi connectivity index (χ1) is 8.04. The highest BCUT2D eigenvalue weighted by Crippen LogP contribution is 2.05. The van der Waals surface area contributed by atoms with Gasteiger partial charge in [-0.2, -0.15) is 4.31 Å². The molecule has 0 fully saturated rings. The van der Waals surface area contributed by atoms with Crippen molar-refractivity contribution in [1.29, 1.82) is 0 Å². The van der Waals surface area contributed by atoms with E-state index in [1.54, 1.807) is 0 Å². The van der Waals surface area contributed by atoms with Gasteiger partial charge in [0.1, 0.15) is 6.04 Å². The molecular weight excluding hydrogens is 260 g/mol. The Morgan fingerprint density at radius 3 is 2.17 bits per heavy atom. The quantitative estimate of drug-likeness (QED) is 0.654. The van der Waals surface area contributed by atoms with E-state index in [-0.39, 0.29) is 12.5 Å². The van der Waals surface area contributed by atoms with Crippen LogP contribution in [-0.4, -0.2) is 55.6 Å². The monoisotopic (exact) mass is 280 g/mol. The summed E-state index contributed by atoms with van der Waals surface area (Å²) in [7, 11) is -2.19. The van der Waals surface area contributed by atoms with Crippen molar-refractivity contribution < 1.29 is 23.1 Å². The fourth-order valence-electron chi connectivity index (χ4n) is 1.25. The standard InChI is InChI=1S/C10H20N2O5S/c1-7(2)5-8(10(14)15)11-9(13)6-12(3)18(4,16)17/h7-8H,5-6H2,1-4H3,(H,11,13)(H,14,15)/t8-/m1/s1. The van der Waals surface area contributed by atoms with E-state index in [1.165, 1.54) is 7.05 Å². The van der Waals surface area contributed by atoms with Crippen LogP contribution >= 0.6 is 0 Å². The van der Waals surface area contributed by atoms with Gasteiger partial charge in [0, 0.05) is 7.05 Å². The second-order valence-corrected chi connectivity index (χ2v) is 6.70. The highest BCUT2D eigenvalue weighted by Gasteiger charge is 2.23. The van der Waals surface area contributed by atoms with Crippen LogP contribution in [0, 0.1) is 5.92 Å². The molecule has 0 aliphatic carbocycles. The zero-order valence-electron chi connectivity index (χ0n) is 11.0. The molecule has 0 saturated carbocycles. The average Bonchev–Trinajstić information content (AvgIpc) is 2.13. The van der Waals surface area contributed by atoms with Crippen LogP contribution in [0.5, 0.6) is 0 Å². The zero-order valence-corrected chi connectivity index (χ0v) is 11.8. The molecule has 2 N–H and O–H groups in total. The Kier molecular flexibility index (Phi) is 6.27. The molecule has 0 bridgehead atoms. The number of carboxylic acids is 1. The molecule has 106 valence electrons. The minimum Gasteiger partial charge on any atom is -0.480 e. The number of carbonyl (C=O) groups excluding carboxylic acids is 1. The molecular formula is C10H20N2O5S. The number of sulfonamides is 1. The maximum absolute atomic E-state index is 11.5. The summed E-state index contributed by atoms with van der Waals surface area (Å²) in [5.41, 5.74) is 0. The molecule has 0 aromatic carbocycles. The van der Waals surface area contributed by atoms with E-state index < -0.39 is 27.9 Å². The second-order valence-electron chi connectivity index (χ2n) is 4.61. The highest BCUT2D eigenvalue weighted by molar-refractivity contribution is 7.88. The van der Waals surface area contributed by atoms with Gasteiger partial charge >= 0.3 is 5.97 Å². The summed E-state index contributed by atoms with van der Waals surface area (Å²) in [6.07, 6.45) is 1.27. The van der Waals surface area contributed by atoms with E-state index in [0.29, 0.717) is 6.42 Å². The third-order valence-electron chi connectivity index (χ3n) is 2.27. The van der Waals surface area contributed by atoms with Crippen molar-refractivity contribution in [3.05, 3.63) is 0 Å². The van der Waals surface area contributed by atoms with Gasteiger partial charge in [0.05, 0.1) is 12.8 Å². The molecule has 0 aromatic heterocycles. The summed E-state index contributed by atoms with van der Waals surface area (Å²) >= 11 is 0. The molecule has 0 radical (unpaired) electrons. The summed E-state index contributed by atoms with van der Waals surface area (Å²) < 4.78 is 23.0. The topological polar surface area (TPSA) is 104 Å². The average molecular weight is 280 g/mol. The molecule has 1 atom stereocenters. The normalized spacial score (nSPS) is 13.7. The third-order valence-corrected chi connectivity index (χ3v) is 3.53.